The van der Waals surface area contributed by atoms with E-state index in [0.29, 0.717) is 6.04 Å². The number of amidine groups is 1. The van der Waals surface area contributed by atoms with Gasteiger partial charge in [0.1, 0.15) is 5.84 Å². The summed E-state index contributed by atoms with van der Waals surface area (Å²) in [5, 5.41) is 3.30. The van der Waals surface area contributed by atoms with Crippen LogP contribution >= 0.6 is 0 Å². The molecule has 0 radical (unpaired) electrons. The summed E-state index contributed by atoms with van der Waals surface area (Å²) in [6.45, 7) is 4.21. The molecule has 0 aliphatic carbocycles. The normalized spacial score (nSPS) is 11.8. The maximum Gasteiger partial charge on any atom is 0.128 e. The Kier molecular flexibility index (Phi) is 3.50. The summed E-state index contributed by atoms with van der Waals surface area (Å²) in [5.41, 5.74) is 1.14. The van der Waals surface area contributed by atoms with Gasteiger partial charge in [-0.15, -0.1) is 0 Å². The molecule has 0 saturated carbocycles. The van der Waals surface area contributed by atoms with Gasteiger partial charge in [-0.2, -0.15) is 0 Å². The fourth-order valence-electron chi connectivity index (χ4n) is 1.15. The Balaban J connectivity index is 2.80. The molecule has 13 heavy (non-hydrogen) atoms. The van der Waals surface area contributed by atoms with Gasteiger partial charge in [0.15, 0.2) is 0 Å². The molecule has 0 unspecified atom stereocenters. The lowest BCUT2D eigenvalue weighted by atomic mass is 10.2. The van der Waals surface area contributed by atoms with E-state index in [4.69, 9.17) is 0 Å². The minimum atomic E-state index is 0.416. The standard InChI is InChI=1S/C11H16N2/c1-9(2)13-11(12-3)10-7-5-4-6-8-10/h4-9H,1-3H3,(H,12,13). The first-order valence-corrected chi connectivity index (χ1v) is 4.52. The van der Waals surface area contributed by atoms with Crippen LogP contribution in [0.25, 0.3) is 0 Å². The van der Waals surface area contributed by atoms with Crippen LogP contribution in [0.5, 0.6) is 0 Å². The summed E-state index contributed by atoms with van der Waals surface area (Å²) in [7, 11) is 1.80. The molecule has 0 amide bonds. The summed E-state index contributed by atoms with van der Waals surface area (Å²) < 4.78 is 0. The van der Waals surface area contributed by atoms with Gasteiger partial charge in [-0.3, -0.25) is 4.99 Å². The van der Waals surface area contributed by atoms with Gasteiger partial charge in [0.25, 0.3) is 0 Å². The van der Waals surface area contributed by atoms with Gasteiger partial charge in [-0.05, 0) is 13.8 Å². The van der Waals surface area contributed by atoms with Gasteiger partial charge in [-0.1, -0.05) is 30.3 Å². The third-order valence-electron chi connectivity index (χ3n) is 1.70. The largest absolute Gasteiger partial charge is 0.368 e. The Bertz CT molecular complexity index is 275. The topological polar surface area (TPSA) is 24.4 Å². The van der Waals surface area contributed by atoms with Crippen LogP contribution in [-0.4, -0.2) is 18.9 Å². The van der Waals surface area contributed by atoms with E-state index in [2.05, 4.69) is 36.3 Å². The first-order chi connectivity index (χ1) is 6.24. The molecular weight excluding hydrogens is 160 g/mol. The molecule has 0 aromatic heterocycles. The molecule has 1 aromatic carbocycles. The predicted molar refractivity (Wildman–Crippen MR) is 57.2 cm³/mol. The first kappa shape index (κ1) is 9.78. The smallest absolute Gasteiger partial charge is 0.128 e. The van der Waals surface area contributed by atoms with Crippen molar-refractivity contribution in [3.05, 3.63) is 35.9 Å². The number of nitrogens with one attached hydrogen (secondary N) is 1. The minimum Gasteiger partial charge on any atom is -0.368 e. The quantitative estimate of drug-likeness (QED) is 0.541. The van der Waals surface area contributed by atoms with Gasteiger partial charge in [0.2, 0.25) is 0 Å². The zero-order chi connectivity index (χ0) is 9.68. The number of hydrogen-bond acceptors (Lipinski definition) is 1. The van der Waals surface area contributed by atoms with E-state index in [1.54, 1.807) is 7.05 Å². The maximum absolute atomic E-state index is 4.20. The second-order valence-corrected chi connectivity index (χ2v) is 3.24. The van der Waals surface area contributed by atoms with Crippen molar-refractivity contribution in [1.29, 1.82) is 0 Å². The predicted octanol–water partition coefficient (Wildman–Crippen LogP) is 2.06. The van der Waals surface area contributed by atoms with E-state index in [1.165, 1.54) is 0 Å². The van der Waals surface area contributed by atoms with E-state index in [1.807, 2.05) is 18.2 Å². The third kappa shape index (κ3) is 2.90. The van der Waals surface area contributed by atoms with Crippen molar-refractivity contribution in [1.82, 2.24) is 5.32 Å². The Morgan fingerprint density at radius 1 is 1.23 bits per heavy atom. The van der Waals surface area contributed by atoms with E-state index in [0.717, 1.165) is 11.4 Å². The monoisotopic (exact) mass is 176 g/mol. The Labute approximate surface area is 79.7 Å². The summed E-state index contributed by atoms with van der Waals surface area (Å²) in [6.07, 6.45) is 0. The van der Waals surface area contributed by atoms with E-state index >= 15 is 0 Å². The molecule has 0 saturated heterocycles. The van der Waals surface area contributed by atoms with Gasteiger partial charge in [0, 0.05) is 18.7 Å². The molecule has 1 rings (SSSR count). The van der Waals surface area contributed by atoms with Gasteiger partial charge in [0.05, 0.1) is 0 Å². The number of rotatable bonds is 2. The highest BCUT2D eigenvalue weighted by molar-refractivity contribution is 5.98. The first-order valence-electron chi connectivity index (χ1n) is 4.52. The molecular formula is C11H16N2. The van der Waals surface area contributed by atoms with Crippen molar-refractivity contribution in [3.63, 3.8) is 0 Å². The van der Waals surface area contributed by atoms with Gasteiger partial charge in [-0.25, -0.2) is 0 Å². The van der Waals surface area contributed by atoms with Crippen molar-refractivity contribution >= 4 is 5.84 Å². The Morgan fingerprint density at radius 3 is 2.31 bits per heavy atom. The number of aliphatic imine (C=N–C) groups is 1. The van der Waals surface area contributed by atoms with Crippen LogP contribution in [0.2, 0.25) is 0 Å². The molecule has 2 heteroatoms. The second-order valence-electron chi connectivity index (χ2n) is 3.24. The second kappa shape index (κ2) is 4.65. The van der Waals surface area contributed by atoms with Crippen LogP contribution < -0.4 is 5.32 Å². The lowest BCUT2D eigenvalue weighted by Gasteiger charge is -2.12. The van der Waals surface area contributed by atoms with E-state index in [-0.39, 0.29) is 0 Å². The minimum absolute atomic E-state index is 0.416. The van der Waals surface area contributed by atoms with Crippen LogP contribution in [-0.2, 0) is 0 Å². The van der Waals surface area contributed by atoms with Gasteiger partial charge < -0.3 is 5.32 Å². The van der Waals surface area contributed by atoms with Crippen molar-refractivity contribution in [2.24, 2.45) is 4.99 Å². The van der Waals surface area contributed by atoms with Crippen molar-refractivity contribution < 1.29 is 0 Å². The number of benzene rings is 1. The average molecular weight is 176 g/mol. The highest BCUT2D eigenvalue weighted by Crippen LogP contribution is 1.99. The maximum atomic E-state index is 4.20. The molecule has 0 aliphatic heterocycles. The fraction of sp³-hybridized carbons (Fsp3) is 0.364. The lowest BCUT2D eigenvalue weighted by molar-refractivity contribution is 0.732. The van der Waals surface area contributed by atoms with Crippen LogP contribution in [0.4, 0.5) is 0 Å². The van der Waals surface area contributed by atoms with Crippen LogP contribution in [0.1, 0.15) is 19.4 Å². The van der Waals surface area contributed by atoms with Crippen molar-refractivity contribution in [2.75, 3.05) is 7.05 Å². The molecule has 0 bridgehead atoms. The summed E-state index contributed by atoms with van der Waals surface area (Å²) in [4.78, 5) is 4.20. The number of nitrogens with zero attached hydrogens (tertiary/aromatic N) is 1. The summed E-state index contributed by atoms with van der Waals surface area (Å²) >= 11 is 0. The fourth-order valence-corrected chi connectivity index (χ4v) is 1.15. The van der Waals surface area contributed by atoms with Crippen LogP contribution in [0.15, 0.2) is 35.3 Å². The van der Waals surface area contributed by atoms with Crippen molar-refractivity contribution in [2.45, 2.75) is 19.9 Å². The van der Waals surface area contributed by atoms with Crippen molar-refractivity contribution in [3.8, 4) is 0 Å². The summed E-state index contributed by atoms with van der Waals surface area (Å²) in [5.74, 6) is 0.954. The Hall–Kier alpha value is -1.31. The molecule has 0 atom stereocenters. The highest BCUT2D eigenvalue weighted by Gasteiger charge is 2.01. The van der Waals surface area contributed by atoms with Crippen LogP contribution in [0.3, 0.4) is 0 Å². The zero-order valence-corrected chi connectivity index (χ0v) is 8.41. The molecule has 0 aliphatic rings. The summed E-state index contributed by atoms with van der Waals surface area (Å²) in [6, 6.07) is 10.6. The van der Waals surface area contributed by atoms with Crippen LogP contribution in [0, 0.1) is 0 Å². The molecule has 0 heterocycles. The van der Waals surface area contributed by atoms with E-state index in [9.17, 15) is 0 Å². The molecule has 1 aromatic rings. The zero-order valence-electron chi connectivity index (χ0n) is 8.41. The SMILES string of the molecule is CN=C(NC(C)C)c1ccccc1. The molecule has 0 fully saturated rings. The van der Waals surface area contributed by atoms with Gasteiger partial charge >= 0.3 is 0 Å². The van der Waals surface area contributed by atoms with E-state index < -0.39 is 0 Å². The Morgan fingerprint density at radius 2 is 1.85 bits per heavy atom. The molecule has 1 N–H and O–H groups in total. The third-order valence-corrected chi connectivity index (χ3v) is 1.70. The number of hydrogen-bond donors (Lipinski definition) is 1. The lowest BCUT2D eigenvalue weighted by Crippen LogP contribution is -2.30. The average Bonchev–Trinajstić information content (AvgIpc) is 2.15. The molecule has 0 spiro atoms. The highest BCUT2D eigenvalue weighted by atomic mass is 15.0. The molecule has 2 nitrogen and oxygen atoms in total. The molecule has 70 valence electrons.